The monoisotopic (exact) mass is 304 g/mol. The number of benzene rings is 1. The second-order valence-corrected chi connectivity index (χ2v) is 5.80. The van der Waals surface area contributed by atoms with Crippen LogP contribution in [0.2, 0.25) is 0 Å². The van der Waals surface area contributed by atoms with Crippen LogP contribution in [0.15, 0.2) is 24.3 Å². The van der Waals surface area contributed by atoms with Gasteiger partial charge >= 0.3 is 0 Å². The van der Waals surface area contributed by atoms with E-state index in [-0.39, 0.29) is 36.0 Å². The number of carbonyl (C=O) groups is 2. The number of ether oxygens (including phenoxy) is 1. The number of aromatic hydroxyl groups is 1. The lowest BCUT2D eigenvalue weighted by Gasteiger charge is -2.17. The zero-order valence-corrected chi connectivity index (χ0v) is 12.3. The Morgan fingerprint density at radius 2 is 2.14 bits per heavy atom. The first-order valence-electron chi connectivity index (χ1n) is 7.62. The van der Waals surface area contributed by atoms with Crippen LogP contribution < -0.4 is 10.2 Å². The van der Waals surface area contributed by atoms with E-state index in [1.54, 1.807) is 17.0 Å². The molecule has 0 unspecified atom stereocenters. The molecule has 1 aromatic rings. The number of amides is 2. The smallest absolute Gasteiger partial charge is 0.227 e. The van der Waals surface area contributed by atoms with E-state index in [0.717, 1.165) is 19.4 Å². The van der Waals surface area contributed by atoms with E-state index < -0.39 is 0 Å². The number of hydrogen-bond donors (Lipinski definition) is 2. The molecule has 2 atom stereocenters. The van der Waals surface area contributed by atoms with Gasteiger partial charge in [-0.15, -0.1) is 0 Å². The highest BCUT2D eigenvalue weighted by Gasteiger charge is 2.35. The van der Waals surface area contributed by atoms with Crippen molar-refractivity contribution >= 4 is 17.5 Å². The maximum Gasteiger partial charge on any atom is 0.227 e. The molecule has 0 radical (unpaired) electrons. The van der Waals surface area contributed by atoms with Crippen LogP contribution in [0.5, 0.6) is 5.75 Å². The predicted molar refractivity (Wildman–Crippen MR) is 80.6 cm³/mol. The minimum atomic E-state index is -0.331. The summed E-state index contributed by atoms with van der Waals surface area (Å²) in [5, 5.41) is 12.2. The molecule has 2 aliphatic heterocycles. The molecule has 0 spiro atoms. The van der Waals surface area contributed by atoms with Gasteiger partial charge in [-0.2, -0.15) is 0 Å². The van der Waals surface area contributed by atoms with Crippen molar-refractivity contribution < 1.29 is 19.4 Å². The summed E-state index contributed by atoms with van der Waals surface area (Å²) >= 11 is 0. The summed E-state index contributed by atoms with van der Waals surface area (Å²) < 4.78 is 5.47. The molecule has 22 heavy (non-hydrogen) atoms. The van der Waals surface area contributed by atoms with Crippen LogP contribution in [0, 0.1) is 5.92 Å². The molecule has 2 aliphatic rings. The van der Waals surface area contributed by atoms with Crippen molar-refractivity contribution in [3.05, 3.63) is 24.3 Å². The Bertz CT molecular complexity index is 552. The van der Waals surface area contributed by atoms with Crippen molar-refractivity contribution in [2.45, 2.75) is 25.4 Å². The molecule has 2 saturated heterocycles. The van der Waals surface area contributed by atoms with Crippen molar-refractivity contribution in [2.75, 3.05) is 24.6 Å². The summed E-state index contributed by atoms with van der Waals surface area (Å²) in [5.74, 6) is -0.336. The molecule has 0 bridgehead atoms. The number of phenolic OH excluding ortho intramolecular Hbond substituents is 1. The van der Waals surface area contributed by atoms with E-state index in [0.29, 0.717) is 18.8 Å². The molecule has 0 aliphatic carbocycles. The van der Waals surface area contributed by atoms with Gasteiger partial charge in [0.2, 0.25) is 11.8 Å². The summed E-state index contributed by atoms with van der Waals surface area (Å²) in [7, 11) is 0. The molecule has 2 N–H and O–H groups in total. The van der Waals surface area contributed by atoms with E-state index in [2.05, 4.69) is 5.32 Å². The fourth-order valence-electron chi connectivity index (χ4n) is 2.93. The van der Waals surface area contributed by atoms with Crippen LogP contribution >= 0.6 is 0 Å². The number of phenols is 1. The number of carbonyl (C=O) groups excluding carboxylic acids is 2. The highest BCUT2D eigenvalue weighted by Crippen LogP contribution is 2.26. The zero-order chi connectivity index (χ0) is 15.5. The van der Waals surface area contributed by atoms with E-state index in [1.807, 2.05) is 0 Å². The molecule has 0 saturated carbocycles. The Kier molecular flexibility index (Phi) is 4.29. The minimum Gasteiger partial charge on any atom is -0.508 e. The largest absolute Gasteiger partial charge is 0.508 e. The molecule has 2 amide bonds. The molecular formula is C16H20N2O4. The fourth-order valence-corrected chi connectivity index (χ4v) is 2.93. The molecule has 1 aromatic carbocycles. The topological polar surface area (TPSA) is 78.9 Å². The lowest BCUT2D eigenvalue weighted by Crippen LogP contribution is -2.37. The first-order chi connectivity index (χ1) is 10.6. The molecule has 0 aromatic heterocycles. The number of hydrogen-bond acceptors (Lipinski definition) is 4. The van der Waals surface area contributed by atoms with Crippen LogP contribution in [-0.2, 0) is 14.3 Å². The van der Waals surface area contributed by atoms with Gasteiger partial charge < -0.3 is 20.1 Å². The Morgan fingerprint density at radius 1 is 1.36 bits per heavy atom. The van der Waals surface area contributed by atoms with Crippen molar-refractivity contribution in [1.29, 1.82) is 0 Å². The number of rotatable bonds is 4. The molecule has 118 valence electrons. The highest BCUT2D eigenvalue weighted by atomic mass is 16.5. The quantitative estimate of drug-likeness (QED) is 0.871. The Labute approximate surface area is 129 Å². The third-order valence-corrected chi connectivity index (χ3v) is 4.19. The molecular weight excluding hydrogens is 284 g/mol. The van der Waals surface area contributed by atoms with Crippen LogP contribution in [-0.4, -0.2) is 42.7 Å². The van der Waals surface area contributed by atoms with Crippen molar-refractivity contribution in [3.63, 3.8) is 0 Å². The van der Waals surface area contributed by atoms with Gasteiger partial charge in [0.25, 0.3) is 0 Å². The zero-order valence-electron chi connectivity index (χ0n) is 12.3. The lowest BCUT2D eigenvalue weighted by molar-refractivity contribution is -0.126. The highest BCUT2D eigenvalue weighted by molar-refractivity contribution is 6.00. The van der Waals surface area contributed by atoms with Crippen molar-refractivity contribution in [1.82, 2.24) is 5.32 Å². The normalized spacial score (nSPS) is 24.7. The molecule has 3 rings (SSSR count). The molecule has 2 fully saturated rings. The summed E-state index contributed by atoms with van der Waals surface area (Å²) in [6.07, 6.45) is 2.34. The summed E-state index contributed by atoms with van der Waals surface area (Å²) in [4.78, 5) is 25.9. The lowest BCUT2D eigenvalue weighted by atomic mass is 10.1. The van der Waals surface area contributed by atoms with E-state index >= 15 is 0 Å². The predicted octanol–water partition coefficient (Wildman–Crippen LogP) is 1.04. The average molecular weight is 304 g/mol. The maximum absolute atomic E-state index is 12.2. The maximum atomic E-state index is 12.2. The summed E-state index contributed by atoms with van der Waals surface area (Å²) in [6, 6.07) is 6.43. The van der Waals surface area contributed by atoms with Gasteiger partial charge in [-0.25, -0.2) is 0 Å². The SMILES string of the molecule is O=C(NC[C@H]1CCCO1)[C@@H]1CC(=O)N(c2ccc(O)cc2)C1. The van der Waals surface area contributed by atoms with Gasteiger partial charge in [-0.1, -0.05) is 0 Å². The minimum absolute atomic E-state index is 0.0667. The number of nitrogens with zero attached hydrogens (tertiary/aromatic N) is 1. The van der Waals surface area contributed by atoms with Gasteiger partial charge in [0.1, 0.15) is 5.75 Å². The van der Waals surface area contributed by atoms with Crippen LogP contribution in [0.1, 0.15) is 19.3 Å². The van der Waals surface area contributed by atoms with Crippen LogP contribution in [0.3, 0.4) is 0 Å². The molecule has 6 heteroatoms. The molecule has 2 heterocycles. The van der Waals surface area contributed by atoms with E-state index in [1.165, 1.54) is 12.1 Å². The standard InChI is InChI=1S/C16H20N2O4/c19-13-5-3-12(4-6-13)18-10-11(8-15(18)20)16(21)17-9-14-2-1-7-22-14/h3-6,11,14,19H,1-2,7-10H2,(H,17,21)/t11-,14-/m1/s1. The Hall–Kier alpha value is -2.08. The van der Waals surface area contributed by atoms with Gasteiger partial charge in [-0.3, -0.25) is 9.59 Å². The van der Waals surface area contributed by atoms with Gasteiger partial charge in [0, 0.05) is 31.8 Å². The van der Waals surface area contributed by atoms with Gasteiger partial charge in [0.15, 0.2) is 0 Å². The first-order valence-corrected chi connectivity index (χ1v) is 7.62. The summed E-state index contributed by atoms with van der Waals surface area (Å²) in [5.41, 5.74) is 0.706. The van der Waals surface area contributed by atoms with Crippen LogP contribution in [0.25, 0.3) is 0 Å². The van der Waals surface area contributed by atoms with E-state index in [9.17, 15) is 14.7 Å². The van der Waals surface area contributed by atoms with Crippen molar-refractivity contribution in [2.24, 2.45) is 5.92 Å². The Balaban J connectivity index is 1.56. The molecule has 6 nitrogen and oxygen atoms in total. The van der Waals surface area contributed by atoms with Gasteiger partial charge in [-0.05, 0) is 37.1 Å². The average Bonchev–Trinajstić information content (AvgIpc) is 3.15. The van der Waals surface area contributed by atoms with Crippen molar-refractivity contribution in [3.8, 4) is 5.75 Å². The third kappa shape index (κ3) is 3.22. The second kappa shape index (κ2) is 6.36. The Morgan fingerprint density at radius 3 is 2.82 bits per heavy atom. The van der Waals surface area contributed by atoms with Gasteiger partial charge in [0.05, 0.1) is 12.0 Å². The van der Waals surface area contributed by atoms with E-state index in [4.69, 9.17) is 4.74 Å². The number of nitrogens with one attached hydrogen (secondary N) is 1. The fraction of sp³-hybridized carbons (Fsp3) is 0.500. The summed E-state index contributed by atoms with van der Waals surface area (Å²) in [6.45, 7) is 1.65. The second-order valence-electron chi connectivity index (χ2n) is 5.80. The first kappa shape index (κ1) is 14.8. The van der Waals surface area contributed by atoms with Crippen LogP contribution in [0.4, 0.5) is 5.69 Å². The number of anilines is 1. The third-order valence-electron chi connectivity index (χ3n) is 4.19.